The molecule has 0 aromatic heterocycles. The number of ether oxygens (including phenoxy) is 1. The quantitative estimate of drug-likeness (QED) is 0.196. The lowest BCUT2D eigenvalue weighted by Crippen LogP contribution is -2.75. The molecule has 5 fully saturated rings. The number of carbonyl (C=O) groups is 3. The van der Waals surface area contributed by atoms with Crippen molar-refractivity contribution in [1.82, 2.24) is 5.32 Å². The summed E-state index contributed by atoms with van der Waals surface area (Å²) in [5.41, 5.74) is 0.119. The van der Waals surface area contributed by atoms with Gasteiger partial charge in [0.15, 0.2) is 0 Å². The zero-order valence-electron chi connectivity index (χ0n) is 32.5. The highest BCUT2D eigenvalue weighted by Gasteiger charge is 2.86. The number of allylic oxidation sites excluding steroid dienone is 1. The summed E-state index contributed by atoms with van der Waals surface area (Å²) in [5, 5.41) is 12.8. The van der Waals surface area contributed by atoms with Crippen molar-refractivity contribution in [3.05, 3.63) is 52.6 Å². The fourth-order valence-electron chi connectivity index (χ4n) is 13.8. The lowest BCUT2D eigenvalue weighted by atomic mass is 9.30. The van der Waals surface area contributed by atoms with Crippen molar-refractivity contribution in [2.45, 2.75) is 144 Å². The van der Waals surface area contributed by atoms with Gasteiger partial charge in [-0.1, -0.05) is 49.9 Å². The number of halogens is 1. The number of aliphatic carboxylic acids is 1. The molecule has 0 bridgehead atoms. The van der Waals surface area contributed by atoms with Gasteiger partial charge in [-0.05, 0) is 143 Å². The molecular weight excluding hydrogens is 655 g/mol. The lowest BCUT2D eigenvalue weighted by Gasteiger charge is -2.72. The van der Waals surface area contributed by atoms with Crippen LogP contribution in [-0.4, -0.2) is 34.6 Å². The van der Waals surface area contributed by atoms with Crippen molar-refractivity contribution < 1.29 is 28.6 Å². The first-order valence-electron chi connectivity index (χ1n) is 19.9. The number of carboxylic acids is 1. The van der Waals surface area contributed by atoms with E-state index in [0.29, 0.717) is 36.6 Å². The van der Waals surface area contributed by atoms with Crippen LogP contribution >= 0.6 is 0 Å². The Balaban J connectivity index is 1.13. The minimum atomic E-state index is -1.19. The first-order valence-corrected chi connectivity index (χ1v) is 19.9. The monoisotopic (exact) mass is 715 g/mol. The van der Waals surface area contributed by atoms with Crippen LogP contribution < -0.4 is 5.32 Å². The van der Waals surface area contributed by atoms with E-state index in [1.54, 1.807) is 26.0 Å². The van der Waals surface area contributed by atoms with Crippen LogP contribution in [0.4, 0.5) is 4.39 Å². The van der Waals surface area contributed by atoms with E-state index in [2.05, 4.69) is 52.6 Å². The maximum Gasteiger partial charge on any atom is 0.312 e. The van der Waals surface area contributed by atoms with E-state index < -0.39 is 22.8 Å². The standard InChI is InChI=1S/C44H59FN2O5/c1-27(2)30-15-18-43(23-34(48)46-25-28-9-11-29(45)12-10-28)21-19-39(5)31(36(30)43)13-14-32-40(39,6)20-22-44-41(32,7)17-16-33(42(44,8)26-47-44)52-35(49)24-38(3,4)37(50)51/h9-12,30-33,36H,1,13-25H2,2-8H3,(H-,46,48,50,51)/p+1/t30-,31+,32-,33-,36+,39+,40+,41+,42+,43+,44-/m0/s1. The van der Waals surface area contributed by atoms with E-state index in [0.717, 1.165) is 69.8 Å². The molecule has 1 heterocycles. The molecule has 1 aromatic rings. The molecular formula is C44H60FN2O5+. The van der Waals surface area contributed by atoms with Crippen LogP contribution in [0.3, 0.4) is 0 Å². The molecule has 0 radical (unpaired) electrons. The predicted octanol–water partition coefficient (Wildman–Crippen LogP) is 9.35. The average Bonchev–Trinajstić information content (AvgIpc) is 3.45. The van der Waals surface area contributed by atoms with Crippen molar-refractivity contribution in [3.8, 4) is 6.07 Å². The number of carbonyl (C=O) groups excluding carboxylic acids is 2. The van der Waals surface area contributed by atoms with Gasteiger partial charge in [0.2, 0.25) is 11.3 Å². The van der Waals surface area contributed by atoms with Gasteiger partial charge in [0.1, 0.15) is 11.9 Å². The molecule has 52 heavy (non-hydrogen) atoms. The molecule has 1 amide bonds. The number of nitrogens with one attached hydrogen (secondary N) is 1. The Morgan fingerprint density at radius 1 is 0.962 bits per heavy atom. The predicted molar refractivity (Wildman–Crippen MR) is 199 cm³/mol. The summed E-state index contributed by atoms with van der Waals surface area (Å²) >= 11 is 0. The van der Waals surface area contributed by atoms with Gasteiger partial charge in [-0.15, -0.1) is 0 Å². The number of nitrogens with zero attached hydrogens (tertiary/aromatic N) is 1. The van der Waals surface area contributed by atoms with E-state index in [-0.39, 0.29) is 51.4 Å². The van der Waals surface area contributed by atoms with Crippen molar-refractivity contribution in [3.63, 3.8) is 0 Å². The van der Waals surface area contributed by atoms with Crippen molar-refractivity contribution >= 4 is 17.8 Å². The van der Waals surface area contributed by atoms with Crippen molar-refractivity contribution in [1.29, 1.82) is 0 Å². The summed E-state index contributed by atoms with van der Waals surface area (Å²) in [7, 11) is 0. The number of benzene rings is 1. The Kier molecular flexibility index (Phi) is 8.67. The molecule has 6 aliphatic rings. The molecule has 282 valence electrons. The summed E-state index contributed by atoms with van der Waals surface area (Å²) in [6.45, 7) is 20.1. The van der Waals surface area contributed by atoms with Gasteiger partial charge in [-0.25, -0.2) is 4.39 Å². The SMILES string of the molecule is C=C(C)[C@@H]1CC[C@]2(CC(=O)NCc3ccc(F)cc3)CC[C@]3(C)[C@H](CC[C@@H]4[C@@]5(C)CC[C@H](OC(=O)CC(C)(C)C(=O)O)[C@@]6(C)C#[N+][C@]65CC[C@]43C)[C@@H]12. The third-order valence-electron chi connectivity index (χ3n) is 16.9. The fraction of sp³-hybridized carbons (Fsp3) is 0.727. The number of hydrogen-bond donors (Lipinski definition) is 2. The maximum absolute atomic E-state index is 13.7. The van der Waals surface area contributed by atoms with Gasteiger partial charge >= 0.3 is 17.5 Å². The van der Waals surface area contributed by atoms with Crippen molar-refractivity contribution in [2.75, 3.05) is 0 Å². The van der Waals surface area contributed by atoms with E-state index in [1.165, 1.54) is 17.7 Å². The Morgan fingerprint density at radius 3 is 2.29 bits per heavy atom. The molecule has 11 atom stereocenters. The van der Waals surface area contributed by atoms with Gasteiger partial charge in [0, 0.05) is 19.4 Å². The average molecular weight is 716 g/mol. The highest BCUT2D eigenvalue weighted by molar-refractivity contribution is 5.81. The van der Waals surface area contributed by atoms with Crippen LogP contribution in [0.1, 0.15) is 131 Å². The van der Waals surface area contributed by atoms with E-state index in [9.17, 15) is 23.9 Å². The third kappa shape index (κ3) is 5.09. The highest BCUT2D eigenvalue weighted by atomic mass is 19.1. The molecule has 1 spiro atoms. The van der Waals surface area contributed by atoms with Crippen LogP contribution in [0.2, 0.25) is 0 Å². The molecule has 5 saturated carbocycles. The molecule has 1 aliphatic heterocycles. The third-order valence-corrected chi connectivity index (χ3v) is 16.9. The van der Waals surface area contributed by atoms with Gasteiger partial charge in [-0.3, -0.25) is 14.4 Å². The molecule has 7 rings (SSSR count). The van der Waals surface area contributed by atoms with Crippen LogP contribution in [0.5, 0.6) is 0 Å². The largest absolute Gasteiger partial charge is 0.481 e. The van der Waals surface area contributed by atoms with E-state index in [1.807, 2.05) is 0 Å². The van der Waals surface area contributed by atoms with Crippen LogP contribution in [0.25, 0.3) is 4.85 Å². The molecule has 7 nitrogen and oxygen atoms in total. The van der Waals surface area contributed by atoms with Crippen LogP contribution in [0, 0.1) is 68.0 Å². The van der Waals surface area contributed by atoms with E-state index in [4.69, 9.17) is 9.58 Å². The summed E-state index contributed by atoms with van der Waals surface area (Å²) in [6, 6.07) is 9.78. The smallest absolute Gasteiger partial charge is 0.312 e. The molecule has 5 aliphatic carbocycles. The molecule has 0 unspecified atom stereocenters. The zero-order chi connectivity index (χ0) is 37.7. The van der Waals surface area contributed by atoms with Crippen LogP contribution in [0.15, 0.2) is 36.4 Å². The van der Waals surface area contributed by atoms with Gasteiger partial charge in [-0.2, -0.15) is 0 Å². The summed E-state index contributed by atoms with van der Waals surface area (Å²) in [4.78, 5) is 43.8. The molecule has 2 N–H and O–H groups in total. The van der Waals surface area contributed by atoms with E-state index >= 15 is 0 Å². The van der Waals surface area contributed by atoms with Crippen LogP contribution in [-0.2, 0) is 25.7 Å². The Hall–Kier alpha value is -3.21. The van der Waals surface area contributed by atoms with Gasteiger partial charge < -0.3 is 15.2 Å². The van der Waals surface area contributed by atoms with Gasteiger partial charge in [0.05, 0.1) is 17.3 Å². The Labute approximate surface area is 309 Å². The first kappa shape index (κ1) is 37.1. The summed E-state index contributed by atoms with van der Waals surface area (Å²) < 4.78 is 19.6. The topological polar surface area (TPSA) is 97.1 Å². The Morgan fingerprint density at radius 2 is 1.65 bits per heavy atom. The minimum Gasteiger partial charge on any atom is -0.481 e. The first-order chi connectivity index (χ1) is 24.3. The molecule has 0 saturated heterocycles. The fourth-order valence-corrected chi connectivity index (χ4v) is 13.8. The van der Waals surface area contributed by atoms with Crippen molar-refractivity contribution in [2.24, 2.45) is 56.2 Å². The lowest BCUT2D eigenvalue weighted by molar-refractivity contribution is -0.248. The molecule has 8 heteroatoms. The number of esters is 1. The summed E-state index contributed by atoms with van der Waals surface area (Å²) in [5.74, 6) is 0.106. The summed E-state index contributed by atoms with van der Waals surface area (Å²) in [6.07, 6.45) is 10.1. The second kappa shape index (κ2) is 12.2. The Bertz CT molecular complexity index is 1750. The molecule has 1 aromatic carbocycles. The van der Waals surface area contributed by atoms with Gasteiger partial charge in [0.25, 0.3) is 6.07 Å². The number of hydrogen-bond acceptors (Lipinski definition) is 4. The second-order valence-electron chi connectivity index (χ2n) is 19.6. The minimum absolute atomic E-state index is 0.0490. The number of carboxylic acid groups (broad SMARTS) is 1. The normalized spacial score (nSPS) is 42.7. The number of amides is 1. The maximum atomic E-state index is 13.7. The zero-order valence-corrected chi connectivity index (χ0v) is 32.5. The number of rotatable bonds is 9. The highest BCUT2D eigenvalue weighted by Crippen LogP contribution is 2.80. The second-order valence-corrected chi connectivity index (χ2v) is 19.6. The number of fused-ring (bicyclic) bond motifs is 6.